The number of anilines is 1. The summed E-state index contributed by atoms with van der Waals surface area (Å²) in [6, 6.07) is 5.50. The molecule has 2 aromatic rings. The molecule has 0 spiro atoms. The van der Waals surface area contributed by atoms with E-state index in [1.165, 1.54) is 0 Å². The quantitative estimate of drug-likeness (QED) is 0.618. The number of nitrogen functional groups attached to an aromatic ring is 1. The minimum Gasteiger partial charge on any atom is -0.399 e. The SMILES string of the molecule is Cc1c(C)c2cc(N)ccc2[nH]c1=O. The summed E-state index contributed by atoms with van der Waals surface area (Å²) in [6.07, 6.45) is 0. The molecule has 0 atom stereocenters. The van der Waals surface area contributed by atoms with Crippen LogP contribution in [-0.4, -0.2) is 4.98 Å². The van der Waals surface area contributed by atoms with E-state index in [-0.39, 0.29) is 5.56 Å². The number of nitrogens with two attached hydrogens (primary N) is 1. The van der Waals surface area contributed by atoms with E-state index < -0.39 is 0 Å². The van der Waals surface area contributed by atoms with Crippen LogP contribution < -0.4 is 11.3 Å². The Labute approximate surface area is 81.6 Å². The summed E-state index contributed by atoms with van der Waals surface area (Å²) in [5, 5.41) is 1.02. The molecule has 0 amide bonds. The van der Waals surface area contributed by atoms with Gasteiger partial charge in [-0.2, -0.15) is 0 Å². The van der Waals surface area contributed by atoms with Crippen molar-refractivity contribution in [3.63, 3.8) is 0 Å². The molecule has 0 saturated carbocycles. The molecule has 14 heavy (non-hydrogen) atoms. The Morgan fingerprint density at radius 1 is 1.21 bits per heavy atom. The molecule has 0 unspecified atom stereocenters. The molecule has 0 aliphatic carbocycles. The number of rotatable bonds is 0. The third-order valence-electron chi connectivity index (χ3n) is 2.60. The predicted molar refractivity (Wildman–Crippen MR) is 58.5 cm³/mol. The summed E-state index contributed by atoms with van der Waals surface area (Å²) in [7, 11) is 0. The van der Waals surface area contributed by atoms with Gasteiger partial charge in [0.1, 0.15) is 0 Å². The number of hydrogen-bond donors (Lipinski definition) is 2. The Hall–Kier alpha value is -1.77. The van der Waals surface area contributed by atoms with Crippen molar-refractivity contribution in [1.82, 2.24) is 4.98 Å². The minimum absolute atomic E-state index is 0.0280. The van der Waals surface area contributed by atoms with Gasteiger partial charge in [0.2, 0.25) is 0 Å². The van der Waals surface area contributed by atoms with Crippen LogP contribution >= 0.6 is 0 Å². The molecular formula is C11H12N2O. The highest BCUT2D eigenvalue weighted by atomic mass is 16.1. The maximum atomic E-state index is 11.5. The zero-order valence-electron chi connectivity index (χ0n) is 8.22. The van der Waals surface area contributed by atoms with E-state index in [0.717, 1.165) is 22.0 Å². The number of aromatic nitrogens is 1. The Bertz CT molecular complexity index is 555. The first-order valence-electron chi connectivity index (χ1n) is 4.48. The fourth-order valence-corrected chi connectivity index (χ4v) is 1.57. The molecule has 0 fully saturated rings. The van der Waals surface area contributed by atoms with Crippen LogP contribution in [0.15, 0.2) is 23.0 Å². The first-order valence-corrected chi connectivity index (χ1v) is 4.48. The van der Waals surface area contributed by atoms with Gasteiger partial charge in [-0.3, -0.25) is 4.79 Å². The highest BCUT2D eigenvalue weighted by molar-refractivity contribution is 5.85. The van der Waals surface area contributed by atoms with Gasteiger partial charge in [-0.1, -0.05) is 0 Å². The zero-order chi connectivity index (χ0) is 10.3. The van der Waals surface area contributed by atoms with Crippen molar-refractivity contribution < 1.29 is 0 Å². The smallest absolute Gasteiger partial charge is 0.251 e. The molecule has 1 heterocycles. The van der Waals surface area contributed by atoms with Gasteiger partial charge < -0.3 is 10.7 Å². The van der Waals surface area contributed by atoms with Gasteiger partial charge in [-0.05, 0) is 37.6 Å². The first kappa shape index (κ1) is 8.81. The van der Waals surface area contributed by atoms with Crippen LogP contribution in [0.3, 0.4) is 0 Å². The molecule has 0 radical (unpaired) electrons. The summed E-state index contributed by atoms with van der Waals surface area (Å²) < 4.78 is 0. The Morgan fingerprint density at radius 2 is 1.93 bits per heavy atom. The van der Waals surface area contributed by atoms with Gasteiger partial charge in [0, 0.05) is 22.2 Å². The van der Waals surface area contributed by atoms with Gasteiger partial charge in [-0.15, -0.1) is 0 Å². The largest absolute Gasteiger partial charge is 0.399 e. The molecule has 0 aliphatic heterocycles. The highest BCUT2D eigenvalue weighted by Gasteiger charge is 2.04. The molecule has 1 aromatic heterocycles. The Balaban J connectivity index is 2.99. The van der Waals surface area contributed by atoms with Gasteiger partial charge in [0.05, 0.1) is 0 Å². The number of H-pyrrole nitrogens is 1. The van der Waals surface area contributed by atoms with Gasteiger partial charge in [0.15, 0.2) is 0 Å². The lowest BCUT2D eigenvalue weighted by Crippen LogP contribution is -2.11. The number of aryl methyl sites for hydroxylation is 1. The fraction of sp³-hybridized carbons (Fsp3) is 0.182. The summed E-state index contributed by atoms with van der Waals surface area (Å²) in [5.74, 6) is 0. The van der Waals surface area contributed by atoms with Gasteiger partial charge in [-0.25, -0.2) is 0 Å². The van der Waals surface area contributed by atoms with E-state index in [2.05, 4.69) is 4.98 Å². The maximum Gasteiger partial charge on any atom is 0.251 e. The zero-order valence-corrected chi connectivity index (χ0v) is 8.22. The second-order valence-electron chi connectivity index (χ2n) is 3.51. The number of hydrogen-bond acceptors (Lipinski definition) is 2. The van der Waals surface area contributed by atoms with Crippen molar-refractivity contribution in [1.29, 1.82) is 0 Å². The van der Waals surface area contributed by atoms with E-state index in [9.17, 15) is 4.79 Å². The molecular weight excluding hydrogens is 176 g/mol. The Morgan fingerprint density at radius 3 is 2.64 bits per heavy atom. The number of fused-ring (bicyclic) bond motifs is 1. The minimum atomic E-state index is -0.0280. The van der Waals surface area contributed by atoms with Crippen LogP contribution in [0.25, 0.3) is 10.9 Å². The average Bonchev–Trinajstić information content (AvgIpc) is 2.16. The van der Waals surface area contributed by atoms with Gasteiger partial charge >= 0.3 is 0 Å². The molecule has 3 heteroatoms. The van der Waals surface area contributed by atoms with E-state index in [0.29, 0.717) is 5.69 Å². The van der Waals surface area contributed by atoms with Crippen LogP contribution in [0.2, 0.25) is 0 Å². The lowest BCUT2D eigenvalue weighted by atomic mass is 10.1. The average molecular weight is 188 g/mol. The van der Waals surface area contributed by atoms with E-state index >= 15 is 0 Å². The lowest BCUT2D eigenvalue weighted by Gasteiger charge is -2.05. The molecule has 0 bridgehead atoms. The molecule has 2 rings (SSSR count). The van der Waals surface area contributed by atoms with E-state index in [1.807, 2.05) is 26.0 Å². The maximum absolute atomic E-state index is 11.5. The van der Waals surface area contributed by atoms with Crippen LogP contribution in [0.1, 0.15) is 11.1 Å². The second-order valence-corrected chi connectivity index (χ2v) is 3.51. The molecule has 3 N–H and O–H groups in total. The van der Waals surface area contributed by atoms with Crippen molar-refractivity contribution in [3.8, 4) is 0 Å². The summed E-state index contributed by atoms with van der Waals surface area (Å²) >= 11 is 0. The molecule has 0 saturated heterocycles. The monoisotopic (exact) mass is 188 g/mol. The fourth-order valence-electron chi connectivity index (χ4n) is 1.57. The van der Waals surface area contributed by atoms with Crippen molar-refractivity contribution in [2.45, 2.75) is 13.8 Å². The number of nitrogens with one attached hydrogen (secondary N) is 1. The summed E-state index contributed by atoms with van der Waals surface area (Å²) in [6.45, 7) is 3.75. The lowest BCUT2D eigenvalue weighted by molar-refractivity contribution is 1.20. The summed E-state index contributed by atoms with van der Waals surface area (Å²) in [4.78, 5) is 14.3. The predicted octanol–water partition coefficient (Wildman–Crippen LogP) is 1.73. The molecule has 1 aromatic carbocycles. The van der Waals surface area contributed by atoms with Crippen LogP contribution in [0, 0.1) is 13.8 Å². The van der Waals surface area contributed by atoms with Crippen molar-refractivity contribution in [2.24, 2.45) is 0 Å². The molecule has 0 aliphatic rings. The standard InChI is InChI=1S/C11H12N2O/c1-6-7(2)11(14)13-10-4-3-8(12)5-9(6)10/h3-5H,12H2,1-2H3,(H,13,14). The topological polar surface area (TPSA) is 58.9 Å². The molecule has 3 nitrogen and oxygen atoms in total. The number of benzene rings is 1. The van der Waals surface area contributed by atoms with Crippen molar-refractivity contribution in [2.75, 3.05) is 5.73 Å². The normalized spacial score (nSPS) is 10.7. The number of aromatic amines is 1. The van der Waals surface area contributed by atoms with Crippen LogP contribution in [-0.2, 0) is 0 Å². The van der Waals surface area contributed by atoms with Crippen molar-refractivity contribution >= 4 is 16.6 Å². The van der Waals surface area contributed by atoms with Crippen LogP contribution in [0.5, 0.6) is 0 Å². The Kier molecular flexibility index (Phi) is 1.81. The second kappa shape index (κ2) is 2.87. The first-order chi connectivity index (χ1) is 6.59. The molecule has 72 valence electrons. The van der Waals surface area contributed by atoms with E-state index in [1.54, 1.807) is 6.07 Å². The number of pyridine rings is 1. The highest BCUT2D eigenvalue weighted by Crippen LogP contribution is 2.19. The van der Waals surface area contributed by atoms with Crippen molar-refractivity contribution in [3.05, 3.63) is 39.7 Å². The third kappa shape index (κ3) is 1.18. The third-order valence-corrected chi connectivity index (χ3v) is 2.60. The summed E-state index contributed by atoms with van der Waals surface area (Å²) in [5.41, 5.74) is 8.97. The van der Waals surface area contributed by atoms with Gasteiger partial charge in [0.25, 0.3) is 5.56 Å². The van der Waals surface area contributed by atoms with Crippen LogP contribution in [0.4, 0.5) is 5.69 Å². The van der Waals surface area contributed by atoms with E-state index in [4.69, 9.17) is 5.73 Å².